The number of carbonyl (C=O) groups is 1. The molecule has 2 rings (SSSR count). The first kappa shape index (κ1) is 18.0. The number of nitrogens with zero attached hydrogens (tertiary/aromatic N) is 1. The molecule has 0 radical (unpaired) electrons. The monoisotopic (exact) mass is 344 g/mol. The number of aryl methyl sites for hydroxylation is 1. The largest absolute Gasteiger partial charge is 0.463 e. The molecular weight excluding hydrogens is 320 g/mol. The number of nitrogens with one attached hydrogen (secondary N) is 1. The Morgan fingerprint density at radius 1 is 1.48 bits per heavy atom. The predicted molar refractivity (Wildman–Crippen MR) is 84.9 cm³/mol. The molecule has 130 valence electrons. The van der Waals surface area contributed by atoms with Crippen molar-refractivity contribution in [1.82, 2.24) is 9.62 Å². The van der Waals surface area contributed by atoms with Crippen molar-refractivity contribution in [2.75, 3.05) is 26.7 Å². The summed E-state index contributed by atoms with van der Waals surface area (Å²) in [6.45, 7) is 5.62. The van der Waals surface area contributed by atoms with Gasteiger partial charge < -0.3 is 14.5 Å². The van der Waals surface area contributed by atoms with E-state index in [0.717, 1.165) is 19.4 Å². The molecule has 8 heteroatoms. The van der Waals surface area contributed by atoms with E-state index in [1.807, 2.05) is 6.92 Å². The number of hydrogen-bond acceptors (Lipinski definition) is 6. The van der Waals surface area contributed by atoms with Crippen molar-refractivity contribution in [2.45, 2.75) is 44.0 Å². The van der Waals surface area contributed by atoms with Crippen LogP contribution >= 0.6 is 0 Å². The average Bonchev–Trinajstić information content (AvgIpc) is 3.20. The van der Waals surface area contributed by atoms with Crippen molar-refractivity contribution in [2.24, 2.45) is 0 Å². The smallest absolute Gasteiger partial charge is 0.373 e. The Morgan fingerprint density at radius 3 is 2.74 bits per heavy atom. The lowest BCUT2D eigenvalue weighted by Crippen LogP contribution is -2.42. The minimum absolute atomic E-state index is 0.0684. The lowest BCUT2D eigenvalue weighted by Gasteiger charge is -2.27. The van der Waals surface area contributed by atoms with Gasteiger partial charge in [0.15, 0.2) is 0 Å². The van der Waals surface area contributed by atoms with Crippen LogP contribution in [0.1, 0.15) is 43.0 Å². The van der Waals surface area contributed by atoms with E-state index in [2.05, 4.69) is 10.1 Å². The fraction of sp³-hybridized carbons (Fsp3) is 0.667. The van der Waals surface area contributed by atoms with Crippen LogP contribution in [0.15, 0.2) is 15.4 Å². The standard InChI is InChI=1S/C15H24N2O5S/c1-4-8-17(11-6-7-16-10-11)23(19,20)14-9-13(15(18)21-3)22-12(14)5-2/h9,11,16H,4-8,10H2,1-3H3. The molecule has 23 heavy (non-hydrogen) atoms. The fourth-order valence-electron chi connectivity index (χ4n) is 2.81. The Bertz CT molecular complexity index is 647. The molecule has 0 amide bonds. The molecule has 1 aromatic heterocycles. The molecule has 0 spiro atoms. The lowest BCUT2D eigenvalue weighted by molar-refractivity contribution is 0.0563. The zero-order valence-electron chi connectivity index (χ0n) is 13.8. The maximum atomic E-state index is 13.1. The number of ether oxygens (including phenoxy) is 1. The van der Waals surface area contributed by atoms with Crippen molar-refractivity contribution in [3.05, 3.63) is 17.6 Å². The Hall–Kier alpha value is -1.38. The van der Waals surface area contributed by atoms with E-state index in [-0.39, 0.29) is 22.5 Å². The lowest BCUT2D eigenvalue weighted by atomic mass is 10.2. The average molecular weight is 344 g/mol. The molecule has 0 bridgehead atoms. The number of esters is 1. The van der Waals surface area contributed by atoms with E-state index in [1.54, 1.807) is 6.92 Å². The number of furan rings is 1. The van der Waals surface area contributed by atoms with Gasteiger partial charge >= 0.3 is 5.97 Å². The summed E-state index contributed by atoms with van der Waals surface area (Å²) in [5.74, 6) is -0.466. The van der Waals surface area contributed by atoms with E-state index in [9.17, 15) is 13.2 Å². The second kappa shape index (κ2) is 7.46. The van der Waals surface area contributed by atoms with Crippen LogP contribution in [0.2, 0.25) is 0 Å². The van der Waals surface area contributed by atoms with E-state index in [4.69, 9.17) is 4.42 Å². The maximum absolute atomic E-state index is 13.1. The molecule has 1 unspecified atom stereocenters. The first-order valence-corrected chi connectivity index (χ1v) is 9.33. The SMILES string of the molecule is CCCN(C1CCNC1)S(=O)(=O)c1cc(C(=O)OC)oc1CC. The van der Waals surface area contributed by atoms with E-state index < -0.39 is 16.0 Å². The molecule has 1 aliphatic rings. The highest BCUT2D eigenvalue weighted by molar-refractivity contribution is 7.89. The third-order valence-electron chi connectivity index (χ3n) is 3.95. The number of methoxy groups -OCH3 is 1. The van der Waals surface area contributed by atoms with E-state index in [0.29, 0.717) is 19.5 Å². The zero-order valence-corrected chi connectivity index (χ0v) is 14.6. The number of sulfonamides is 1. The molecule has 0 aromatic carbocycles. The number of hydrogen-bond donors (Lipinski definition) is 1. The summed E-state index contributed by atoms with van der Waals surface area (Å²) in [5, 5.41) is 3.19. The molecular formula is C15H24N2O5S. The highest BCUT2D eigenvalue weighted by Gasteiger charge is 2.36. The summed E-state index contributed by atoms with van der Waals surface area (Å²) >= 11 is 0. The zero-order chi connectivity index (χ0) is 17.0. The molecule has 1 aliphatic heterocycles. The summed E-state index contributed by atoms with van der Waals surface area (Å²) in [4.78, 5) is 11.7. The van der Waals surface area contributed by atoms with Gasteiger partial charge in [0.05, 0.1) is 7.11 Å². The summed E-state index contributed by atoms with van der Waals surface area (Å²) < 4.78 is 37.7. The first-order valence-electron chi connectivity index (χ1n) is 7.89. The van der Waals surface area contributed by atoms with Gasteiger partial charge in [0.1, 0.15) is 10.7 Å². The summed E-state index contributed by atoms with van der Waals surface area (Å²) in [7, 11) is -2.48. The third-order valence-corrected chi connectivity index (χ3v) is 5.95. The van der Waals surface area contributed by atoms with Crippen LogP contribution in [0.3, 0.4) is 0 Å². The third kappa shape index (κ3) is 3.59. The van der Waals surface area contributed by atoms with Gasteiger partial charge in [-0.05, 0) is 19.4 Å². The second-order valence-electron chi connectivity index (χ2n) is 5.51. The molecule has 0 aliphatic carbocycles. The fourth-order valence-corrected chi connectivity index (χ4v) is 4.79. The Kier molecular flexibility index (Phi) is 5.83. The first-order chi connectivity index (χ1) is 11.0. The Labute approximate surface area is 137 Å². The van der Waals surface area contributed by atoms with Crippen LogP contribution in [0.5, 0.6) is 0 Å². The van der Waals surface area contributed by atoms with Crippen LogP contribution in [0.25, 0.3) is 0 Å². The second-order valence-corrected chi connectivity index (χ2v) is 7.36. The van der Waals surface area contributed by atoms with Crippen molar-refractivity contribution < 1.29 is 22.4 Å². The normalized spacial score (nSPS) is 18.5. The van der Waals surface area contributed by atoms with Crippen LogP contribution in [-0.2, 0) is 21.2 Å². The topological polar surface area (TPSA) is 88.9 Å². The molecule has 1 saturated heterocycles. The molecule has 1 aromatic rings. The van der Waals surface area contributed by atoms with E-state index >= 15 is 0 Å². The van der Waals surface area contributed by atoms with Crippen molar-refractivity contribution in [3.8, 4) is 0 Å². The Morgan fingerprint density at radius 2 is 2.22 bits per heavy atom. The van der Waals surface area contributed by atoms with Crippen LogP contribution < -0.4 is 5.32 Å². The van der Waals surface area contributed by atoms with Gasteiger partial charge in [0.2, 0.25) is 15.8 Å². The highest BCUT2D eigenvalue weighted by Crippen LogP contribution is 2.28. The number of carbonyl (C=O) groups excluding carboxylic acids is 1. The van der Waals surface area contributed by atoms with Crippen LogP contribution in [0.4, 0.5) is 0 Å². The number of rotatable bonds is 7. The van der Waals surface area contributed by atoms with Crippen LogP contribution in [-0.4, -0.2) is 51.5 Å². The van der Waals surface area contributed by atoms with Gasteiger partial charge in [-0.15, -0.1) is 0 Å². The summed E-state index contributed by atoms with van der Waals surface area (Å²) in [6, 6.07) is 1.21. The van der Waals surface area contributed by atoms with Crippen LogP contribution in [0, 0.1) is 0 Å². The van der Waals surface area contributed by atoms with Gasteiger partial charge in [-0.3, -0.25) is 0 Å². The van der Waals surface area contributed by atoms with Gasteiger partial charge in [0, 0.05) is 31.6 Å². The van der Waals surface area contributed by atoms with Crippen molar-refractivity contribution in [1.29, 1.82) is 0 Å². The van der Waals surface area contributed by atoms with Gasteiger partial charge in [-0.25, -0.2) is 13.2 Å². The minimum Gasteiger partial charge on any atom is -0.463 e. The van der Waals surface area contributed by atoms with Gasteiger partial charge in [-0.1, -0.05) is 13.8 Å². The molecule has 2 heterocycles. The van der Waals surface area contributed by atoms with Crippen molar-refractivity contribution in [3.63, 3.8) is 0 Å². The van der Waals surface area contributed by atoms with Gasteiger partial charge in [0.25, 0.3) is 0 Å². The quantitative estimate of drug-likeness (QED) is 0.752. The molecule has 1 atom stereocenters. The maximum Gasteiger partial charge on any atom is 0.373 e. The van der Waals surface area contributed by atoms with E-state index in [1.165, 1.54) is 17.5 Å². The van der Waals surface area contributed by atoms with Crippen molar-refractivity contribution >= 4 is 16.0 Å². The molecule has 1 fully saturated rings. The molecule has 0 saturated carbocycles. The molecule has 7 nitrogen and oxygen atoms in total. The minimum atomic E-state index is -3.72. The molecule has 1 N–H and O–H groups in total. The highest BCUT2D eigenvalue weighted by atomic mass is 32.2. The summed E-state index contributed by atoms with van der Waals surface area (Å²) in [6.07, 6.45) is 1.88. The predicted octanol–water partition coefficient (Wildman–Crippen LogP) is 1.39. The Balaban J connectivity index is 2.43. The van der Waals surface area contributed by atoms with Gasteiger partial charge in [-0.2, -0.15) is 4.31 Å². The summed E-state index contributed by atoms with van der Waals surface area (Å²) in [5.41, 5.74) is 0.